The minimum atomic E-state index is -0.988. The van der Waals surface area contributed by atoms with Crippen LogP contribution in [0.1, 0.15) is 5.56 Å². The molecule has 2 aromatic rings. The van der Waals surface area contributed by atoms with Crippen molar-refractivity contribution in [2.75, 3.05) is 12.4 Å². The first-order valence-electron chi connectivity index (χ1n) is 6.87. The van der Waals surface area contributed by atoms with E-state index in [1.807, 2.05) is 0 Å². The van der Waals surface area contributed by atoms with E-state index in [0.717, 1.165) is 0 Å². The van der Waals surface area contributed by atoms with Crippen molar-refractivity contribution in [2.45, 2.75) is 0 Å². The fourth-order valence-electron chi connectivity index (χ4n) is 1.77. The summed E-state index contributed by atoms with van der Waals surface area (Å²) < 4.78 is 4.95. The van der Waals surface area contributed by atoms with E-state index >= 15 is 0 Å². The van der Waals surface area contributed by atoms with Gasteiger partial charge in [0.05, 0.1) is 29.1 Å². The SMILES string of the molecule is COc1cc(/C=N\NC(=O)C(=O)Nc2cccc(Cl)c2Cl)ccc1O. The van der Waals surface area contributed by atoms with Gasteiger partial charge in [-0.25, -0.2) is 5.43 Å². The second-order valence-corrected chi connectivity index (χ2v) is 5.47. The van der Waals surface area contributed by atoms with Crippen molar-refractivity contribution < 1.29 is 19.4 Å². The lowest BCUT2D eigenvalue weighted by molar-refractivity contribution is -0.136. The fraction of sp³-hybridized carbons (Fsp3) is 0.0625. The molecule has 25 heavy (non-hydrogen) atoms. The monoisotopic (exact) mass is 381 g/mol. The van der Waals surface area contributed by atoms with Crippen LogP contribution in [0.5, 0.6) is 11.5 Å². The van der Waals surface area contributed by atoms with E-state index in [0.29, 0.717) is 5.56 Å². The van der Waals surface area contributed by atoms with Gasteiger partial charge in [0.2, 0.25) is 0 Å². The third-order valence-electron chi connectivity index (χ3n) is 2.99. The number of hydrogen-bond acceptors (Lipinski definition) is 5. The Balaban J connectivity index is 1.97. The van der Waals surface area contributed by atoms with Crippen LogP contribution in [0.25, 0.3) is 0 Å². The van der Waals surface area contributed by atoms with Crippen LogP contribution in [-0.4, -0.2) is 30.2 Å². The number of phenols is 1. The highest BCUT2D eigenvalue weighted by Gasteiger charge is 2.15. The molecule has 0 unspecified atom stereocenters. The van der Waals surface area contributed by atoms with E-state index in [2.05, 4.69) is 15.8 Å². The van der Waals surface area contributed by atoms with Crippen molar-refractivity contribution in [3.63, 3.8) is 0 Å². The summed E-state index contributed by atoms with van der Waals surface area (Å²) in [6.07, 6.45) is 1.29. The Hall–Kier alpha value is -2.77. The van der Waals surface area contributed by atoms with E-state index in [1.165, 1.54) is 31.5 Å². The Labute approximate surface area is 153 Å². The van der Waals surface area contributed by atoms with Gasteiger partial charge in [-0.2, -0.15) is 5.10 Å². The number of anilines is 1. The van der Waals surface area contributed by atoms with Gasteiger partial charge in [-0.3, -0.25) is 9.59 Å². The van der Waals surface area contributed by atoms with Gasteiger partial charge in [0.25, 0.3) is 0 Å². The van der Waals surface area contributed by atoms with Crippen molar-refractivity contribution in [3.8, 4) is 11.5 Å². The minimum Gasteiger partial charge on any atom is -0.504 e. The molecule has 0 aromatic heterocycles. The summed E-state index contributed by atoms with van der Waals surface area (Å²) in [5.74, 6) is -1.72. The molecule has 0 heterocycles. The first-order valence-corrected chi connectivity index (χ1v) is 7.63. The molecule has 0 aliphatic rings. The number of hydrazone groups is 1. The quantitative estimate of drug-likeness (QED) is 0.430. The highest BCUT2D eigenvalue weighted by atomic mass is 35.5. The van der Waals surface area contributed by atoms with Crippen molar-refractivity contribution in [1.82, 2.24) is 5.43 Å². The number of amides is 2. The fourth-order valence-corrected chi connectivity index (χ4v) is 2.12. The maximum Gasteiger partial charge on any atom is 0.329 e. The van der Waals surface area contributed by atoms with Crippen LogP contribution in [0.15, 0.2) is 41.5 Å². The smallest absolute Gasteiger partial charge is 0.329 e. The summed E-state index contributed by atoms with van der Waals surface area (Å²) in [6, 6.07) is 9.12. The highest BCUT2D eigenvalue weighted by Crippen LogP contribution is 2.29. The minimum absolute atomic E-state index is 0.0264. The van der Waals surface area contributed by atoms with Gasteiger partial charge in [0, 0.05) is 0 Å². The second-order valence-electron chi connectivity index (χ2n) is 4.69. The number of methoxy groups -OCH3 is 1. The Morgan fingerprint density at radius 2 is 1.96 bits per heavy atom. The molecular formula is C16H13Cl2N3O4. The van der Waals surface area contributed by atoms with Gasteiger partial charge >= 0.3 is 11.8 Å². The lowest BCUT2D eigenvalue weighted by atomic mass is 10.2. The van der Waals surface area contributed by atoms with E-state index in [9.17, 15) is 14.7 Å². The molecule has 3 N–H and O–H groups in total. The zero-order valence-electron chi connectivity index (χ0n) is 12.9. The van der Waals surface area contributed by atoms with Crippen LogP contribution < -0.4 is 15.5 Å². The Bertz CT molecular complexity index is 840. The van der Waals surface area contributed by atoms with Crippen LogP contribution in [0, 0.1) is 0 Å². The Morgan fingerprint density at radius 1 is 1.20 bits per heavy atom. The van der Waals surface area contributed by atoms with Crippen LogP contribution in [0.4, 0.5) is 5.69 Å². The van der Waals surface area contributed by atoms with Gasteiger partial charge in [-0.15, -0.1) is 0 Å². The standard InChI is InChI=1S/C16H13Cl2N3O4/c1-25-13-7-9(5-6-12(13)22)8-19-21-16(24)15(23)20-11-4-2-3-10(17)14(11)18/h2-8,22H,1H3,(H,20,23)(H,21,24)/b19-8-. The molecule has 0 bridgehead atoms. The molecule has 0 aliphatic heterocycles. The topological polar surface area (TPSA) is 100 Å². The van der Waals surface area contributed by atoms with Crippen molar-refractivity contribution >= 4 is 46.9 Å². The molecule has 0 saturated carbocycles. The molecule has 0 radical (unpaired) electrons. The molecule has 0 aliphatic carbocycles. The lowest BCUT2D eigenvalue weighted by Gasteiger charge is -2.07. The number of nitrogens with zero attached hydrogens (tertiary/aromatic N) is 1. The summed E-state index contributed by atoms with van der Waals surface area (Å²) >= 11 is 11.8. The highest BCUT2D eigenvalue weighted by molar-refractivity contribution is 6.45. The molecular weight excluding hydrogens is 369 g/mol. The van der Waals surface area contributed by atoms with Gasteiger partial charge in [0.1, 0.15) is 0 Å². The van der Waals surface area contributed by atoms with Crippen LogP contribution >= 0.6 is 23.2 Å². The molecule has 0 saturated heterocycles. The second kappa shape index (κ2) is 8.36. The number of ether oxygens (including phenoxy) is 1. The van der Waals surface area contributed by atoms with Crippen molar-refractivity contribution in [3.05, 3.63) is 52.0 Å². The molecule has 130 valence electrons. The molecule has 9 heteroatoms. The van der Waals surface area contributed by atoms with E-state index in [4.69, 9.17) is 27.9 Å². The number of hydrogen-bond donors (Lipinski definition) is 3. The number of halogens is 2. The molecule has 2 aromatic carbocycles. The van der Waals surface area contributed by atoms with Gasteiger partial charge < -0.3 is 15.2 Å². The third kappa shape index (κ3) is 4.85. The largest absolute Gasteiger partial charge is 0.504 e. The van der Waals surface area contributed by atoms with Gasteiger partial charge in [-0.1, -0.05) is 29.3 Å². The van der Waals surface area contributed by atoms with Gasteiger partial charge in [-0.05, 0) is 35.9 Å². The van der Waals surface area contributed by atoms with E-state index in [-0.39, 0.29) is 27.2 Å². The zero-order chi connectivity index (χ0) is 18.4. The number of benzene rings is 2. The number of nitrogens with one attached hydrogen (secondary N) is 2. The maximum absolute atomic E-state index is 11.8. The molecule has 2 rings (SSSR count). The normalized spacial score (nSPS) is 10.5. The summed E-state index contributed by atoms with van der Waals surface area (Å²) in [5, 5.41) is 15.9. The molecule has 0 fully saturated rings. The third-order valence-corrected chi connectivity index (χ3v) is 3.81. The average Bonchev–Trinajstić information content (AvgIpc) is 2.60. The predicted molar refractivity (Wildman–Crippen MR) is 95.5 cm³/mol. The Morgan fingerprint density at radius 3 is 2.68 bits per heavy atom. The predicted octanol–water partition coefficient (Wildman–Crippen LogP) is 2.80. The average molecular weight is 382 g/mol. The summed E-state index contributed by atoms with van der Waals surface area (Å²) in [5.41, 5.74) is 2.84. The molecule has 2 amide bonds. The molecule has 0 atom stereocenters. The first kappa shape index (κ1) is 18.6. The maximum atomic E-state index is 11.8. The first-order chi connectivity index (χ1) is 11.9. The number of carbonyl (C=O) groups is 2. The lowest BCUT2D eigenvalue weighted by Crippen LogP contribution is -2.32. The number of aromatic hydroxyl groups is 1. The van der Waals surface area contributed by atoms with Crippen LogP contribution in [-0.2, 0) is 9.59 Å². The number of rotatable bonds is 4. The summed E-state index contributed by atoms with van der Waals surface area (Å²) in [4.78, 5) is 23.5. The summed E-state index contributed by atoms with van der Waals surface area (Å²) in [6.45, 7) is 0. The van der Waals surface area contributed by atoms with Crippen molar-refractivity contribution in [2.24, 2.45) is 5.10 Å². The number of phenolic OH excluding ortho intramolecular Hbond substituents is 1. The van der Waals surface area contributed by atoms with Crippen molar-refractivity contribution in [1.29, 1.82) is 0 Å². The number of carbonyl (C=O) groups excluding carboxylic acids is 2. The van der Waals surface area contributed by atoms with Gasteiger partial charge in [0.15, 0.2) is 11.5 Å². The zero-order valence-corrected chi connectivity index (χ0v) is 14.4. The summed E-state index contributed by atoms with van der Waals surface area (Å²) in [7, 11) is 1.41. The Kier molecular flexibility index (Phi) is 6.21. The van der Waals surface area contributed by atoms with Crippen LogP contribution in [0.2, 0.25) is 10.0 Å². The molecule has 7 nitrogen and oxygen atoms in total. The van der Waals surface area contributed by atoms with E-state index in [1.54, 1.807) is 18.2 Å². The molecule has 0 spiro atoms. The van der Waals surface area contributed by atoms with Crippen LogP contribution in [0.3, 0.4) is 0 Å². The van der Waals surface area contributed by atoms with E-state index < -0.39 is 11.8 Å².